The van der Waals surface area contributed by atoms with Gasteiger partial charge < -0.3 is 10.4 Å². The molecule has 7 heteroatoms. The van der Waals surface area contributed by atoms with Crippen LogP contribution < -0.4 is 5.32 Å². The number of aromatic carboxylic acids is 1. The minimum atomic E-state index is -1.00. The number of rotatable bonds is 5. The zero-order chi connectivity index (χ0) is 16.6. The average molecular weight is 337 g/mol. The number of carbonyl (C=O) groups excluding carboxylic acids is 1. The maximum Gasteiger partial charge on any atom is 0.345 e. The van der Waals surface area contributed by atoms with Gasteiger partial charge in [-0.1, -0.05) is 0 Å². The summed E-state index contributed by atoms with van der Waals surface area (Å²) in [5.41, 5.74) is 0.231. The summed E-state index contributed by atoms with van der Waals surface area (Å²) in [6, 6.07) is 6.37. The maximum absolute atomic E-state index is 13.7. The molecular formula is C16H13F2NO3S. The molecule has 2 unspecified atom stereocenters. The fraction of sp³-hybridized carbons (Fsp3) is 0.250. The Labute approximate surface area is 134 Å². The lowest BCUT2D eigenvalue weighted by atomic mass is 10.1. The predicted octanol–water partition coefficient (Wildman–Crippen LogP) is 3.14. The van der Waals surface area contributed by atoms with E-state index in [0.717, 1.165) is 34.4 Å². The molecule has 1 aliphatic rings. The first-order valence-electron chi connectivity index (χ1n) is 7.00. The summed E-state index contributed by atoms with van der Waals surface area (Å²) in [6.45, 7) is 0.228. The van der Waals surface area contributed by atoms with Crippen molar-refractivity contribution in [2.45, 2.75) is 18.9 Å². The second-order valence-corrected chi connectivity index (χ2v) is 6.57. The number of carboxylic acid groups (broad SMARTS) is 1. The number of nitrogens with one attached hydrogen (secondary N) is 1. The SMILES string of the molecule is O=C(O)c1ccc(CNC(=O)C2CC2c2cc(F)ccc2F)s1. The average Bonchev–Trinajstić information content (AvgIpc) is 3.16. The van der Waals surface area contributed by atoms with Gasteiger partial charge in [0.15, 0.2) is 0 Å². The second-order valence-electron chi connectivity index (χ2n) is 5.40. The summed E-state index contributed by atoms with van der Waals surface area (Å²) < 4.78 is 26.9. The van der Waals surface area contributed by atoms with Crippen molar-refractivity contribution in [3.63, 3.8) is 0 Å². The Bertz CT molecular complexity index is 774. The summed E-state index contributed by atoms with van der Waals surface area (Å²) in [6.07, 6.45) is 0.483. The van der Waals surface area contributed by atoms with Gasteiger partial charge in [0.2, 0.25) is 5.91 Å². The molecule has 0 aliphatic heterocycles. The Balaban J connectivity index is 1.58. The first-order chi connectivity index (χ1) is 11.0. The molecule has 0 spiro atoms. The maximum atomic E-state index is 13.7. The molecule has 1 aromatic heterocycles. The van der Waals surface area contributed by atoms with Crippen molar-refractivity contribution < 1.29 is 23.5 Å². The monoisotopic (exact) mass is 337 g/mol. The van der Waals surface area contributed by atoms with Crippen molar-refractivity contribution in [2.75, 3.05) is 0 Å². The molecule has 1 fully saturated rings. The van der Waals surface area contributed by atoms with Crippen molar-refractivity contribution in [3.8, 4) is 0 Å². The highest BCUT2D eigenvalue weighted by atomic mass is 32.1. The first kappa shape index (κ1) is 15.6. The number of carbonyl (C=O) groups is 2. The number of benzene rings is 1. The highest BCUT2D eigenvalue weighted by Crippen LogP contribution is 2.48. The Morgan fingerprint density at radius 3 is 2.74 bits per heavy atom. The molecule has 2 aromatic rings. The van der Waals surface area contributed by atoms with Gasteiger partial charge in [-0.2, -0.15) is 0 Å². The molecule has 1 heterocycles. The predicted molar refractivity (Wildman–Crippen MR) is 80.3 cm³/mol. The summed E-state index contributed by atoms with van der Waals surface area (Å²) in [5, 5.41) is 11.5. The van der Waals surface area contributed by atoms with Crippen molar-refractivity contribution in [2.24, 2.45) is 5.92 Å². The molecular weight excluding hydrogens is 324 g/mol. The van der Waals surface area contributed by atoms with Crippen LogP contribution in [0.25, 0.3) is 0 Å². The minimum Gasteiger partial charge on any atom is -0.477 e. The van der Waals surface area contributed by atoms with Crippen molar-refractivity contribution >= 4 is 23.2 Å². The molecule has 1 saturated carbocycles. The molecule has 2 N–H and O–H groups in total. The molecule has 4 nitrogen and oxygen atoms in total. The van der Waals surface area contributed by atoms with Gasteiger partial charge in [0.1, 0.15) is 16.5 Å². The molecule has 1 amide bonds. The molecule has 0 radical (unpaired) electrons. The van der Waals surface area contributed by atoms with Crippen LogP contribution >= 0.6 is 11.3 Å². The van der Waals surface area contributed by atoms with Crippen molar-refractivity contribution in [3.05, 3.63) is 57.3 Å². The largest absolute Gasteiger partial charge is 0.477 e. The molecule has 1 aromatic carbocycles. The normalized spacial score (nSPS) is 19.4. The highest BCUT2D eigenvalue weighted by Gasteiger charge is 2.45. The number of halogens is 2. The Morgan fingerprint density at radius 1 is 1.26 bits per heavy atom. The van der Waals surface area contributed by atoms with Gasteiger partial charge >= 0.3 is 5.97 Å². The van der Waals surface area contributed by atoms with E-state index in [0.29, 0.717) is 6.42 Å². The van der Waals surface area contributed by atoms with Gasteiger partial charge in [-0.3, -0.25) is 4.79 Å². The minimum absolute atomic E-state index is 0.209. The second kappa shape index (κ2) is 6.08. The molecule has 0 bridgehead atoms. The van der Waals surface area contributed by atoms with E-state index in [1.165, 1.54) is 6.07 Å². The third-order valence-electron chi connectivity index (χ3n) is 3.79. The van der Waals surface area contributed by atoms with Gasteiger partial charge in [-0.25, -0.2) is 13.6 Å². The van der Waals surface area contributed by atoms with E-state index in [1.807, 2.05) is 0 Å². The number of amides is 1. The zero-order valence-electron chi connectivity index (χ0n) is 11.9. The van der Waals surface area contributed by atoms with E-state index in [4.69, 9.17) is 5.11 Å². The summed E-state index contributed by atoms with van der Waals surface area (Å²) in [7, 11) is 0. The van der Waals surface area contributed by atoms with E-state index < -0.39 is 17.6 Å². The third-order valence-corrected chi connectivity index (χ3v) is 4.87. The van der Waals surface area contributed by atoms with Crippen LogP contribution in [0, 0.1) is 17.6 Å². The summed E-state index contributed by atoms with van der Waals surface area (Å²) in [4.78, 5) is 23.8. The zero-order valence-corrected chi connectivity index (χ0v) is 12.7. The van der Waals surface area contributed by atoms with E-state index in [1.54, 1.807) is 6.07 Å². The van der Waals surface area contributed by atoms with Gasteiger partial charge in [-0.15, -0.1) is 11.3 Å². The number of hydrogen-bond acceptors (Lipinski definition) is 3. The van der Waals surface area contributed by atoms with Crippen LogP contribution in [0.15, 0.2) is 30.3 Å². The fourth-order valence-electron chi connectivity index (χ4n) is 2.52. The summed E-state index contributed by atoms with van der Waals surface area (Å²) in [5.74, 6) is -2.93. The lowest BCUT2D eigenvalue weighted by Gasteiger charge is -2.04. The van der Waals surface area contributed by atoms with E-state index >= 15 is 0 Å². The quantitative estimate of drug-likeness (QED) is 0.881. The van der Waals surface area contributed by atoms with Crippen LogP contribution in [0.4, 0.5) is 8.78 Å². The van der Waals surface area contributed by atoms with Crippen LogP contribution in [-0.2, 0) is 11.3 Å². The van der Waals surface area contributed by atoms with Crippen LogP contribution in [0.5, 0.6) is 0 Å². The smallest absolute Gasteiger partial charge is 0.345 e. The fourth-order valence-corrected chi connectivity index (χ4v) is 3.31. The Morgan fingerprint density at radius 2 is 2.04 bits per heavy atom. The first-order valence-corrected chi connectivity index (χ1v) is 7.82. The number of thiophene rings is 1. The molecule has 23 heavy (non-hydrogen) atoms. The van der Waals surface area contributed by atoms with Gasteiger partial charge in [0.05, 0.1) is 6.54 Å². The van der Waals surface area contributed by atoms with Gasteiger partial charge in [0, 0.05) is 10.8 Å². The Hall–Kier alpha value is -2.28. The van der Waals surface area contributed by atoms with Crippen LogP contribution in [0.1, 0.15) is 32.5 Å². The van der Waals surface area contributed by atoms with Crippen LogP contribution in [0.3, 0.4) is 0 Å². The van der Waals surface area contributed by atoms with Crippen molar-refractivity contribution in [1.82, 2.24) is 5.32 Å². The van der Waals surface area contributed by atoms with Crippen LogP contribution in [0.2, 0.25) is 0 Å². The standard InChI is InChI=1S/C16H13F2NO3S/c17-8-1-3-13(18)11(5-8)10-6-12(10)15(20)19-7-9-2-4-14(23-9)16(21)22/h1-5,10,12H,6-7H2,(H,19,20)(H,21,22). The molecule has 0 saturated heterocycles. The highest BCUT2D eigenvalue weighted by molar-refractivity contribution is 7.13. The third kappa shape index (κ3) is 3.39. The molecule has 3 rings (SSSR count). The number of carboxylic acids is 1. The number of hydrogen-bond donors (Lipinski definition) is 2. The van der Waals surface area contributed by atoms with Gasteiger partial charge in [0.25, 0.3) is 0 Å². The van der Waals surface area contributed by atoms with Crippen LogP contribution in [-0.4, -0.2) is 17.0 Å². The molecule has 1 aliphatic carbocycles. The van der Waals surface area contributed by atoms with Crippen molar-refractivity contribution in [1.29, 1.82) is 0 Å². The Kier molecular flexibility index (Phi) is 4.12. The lowest BCUT2D eigenvalue weighted by Crippen LogP contribution is -2.24. The van der Waals surface area contributed by atoms with E-state index in [-0.39, 0.29) is 34.7 Å². The summed E-state index contributed by atoms with van der Waals surface area (Å²) >= 11 is 1.09. The molecule has 120 valence electrons. The van der Waals surface area contributed by atoms with E-state index in [2.05, 4.69) is 5.32 Å². The molecule has 2 atom stereocenters. The topological polar surface area (TPSA) is 66.4 Å². The van der Waals surface area contributed by atoms with E-state index in [9.17, 15) is 18.4 Å². The van der Waals surface area contributed by atoms with Gasteiger partial charge in [-0.05, 0) is 48.2 Å². The lowest BCUT2D eigenvalue weighted by molar-refractivity contribution is -0.122.